The molecule has 0 saturated carbocycles. The lowest BCUT2D eigenvalue weighted by atomic mass is 10.0. The Balaban J connectivity index is 1.72. The number of rotatable bonds is 4. The number of halogens is 1. The lowest BCUT2D eigenvalue weighted by Gasteiger charge is -2.14. The van der Waals surface area contributed by atoms with Gasteiger partial charge >= 0.3 is 0 Å². The van der Waals surface area contributed by atoms with E-state index in [2.05, 4.69) is 15.3 Å². The van der Waals surface area contributed by atoms with Gasteiger partial charge in [0.1, 0.15) is 11.6 Å². The van der Waals surface area contributed by atoms with Crippen LogP contribution in [0.4, 0.5) is 10.3 Å². The smallest absolute Gasteiger partial charge is 0.262 e. The lowest BCUT2D eigenvalue weighted by Crippen LogP contribution is -2.24. The molecule has 1 unspecified atom stereocenters. The average Bonchev–Trinajstić information content (AvgIpc) is 3.17. The summed E-state index contributed by atoms with van der Waals surface area (Å²) in [5.74, 6) is 0.0732. The summed E-state index contributed by atoms with van der Waals surface area (Å²) in [7, 11) is -0.396. The minimum atomic E-state index is -1.21. The van der Waals surface area contributed by atoms with E-state index < -0.39 is 24.9 Å². The summed E-state index contributed by atoms with van der Waals surface area (Å²) in [4.78, 5) is 21.4. The van der Waals surface area contributed by atoms with E-state index in [0.717, 1.165) is 4.57 Å². The van der Waals surface area contributed by atoms with Crippen molar-refractivity contribution in [3.05, 3.63) is 69.7 Å². The number of fused-ring (bicyclic) bond motifs is 1. The first-order chi connectivity index (χ1) is 14.0. The van der Waals surface area contributed by atoms with E-state index in [1.54, 1.807) is 31.3 Å². The Morgan fingerprint density at radius 3 is 3.07 bits per heavy atom. The summed E-state index contributed by atoms with van der Waals surface area (Å²) in [5.41, 5.74) is 1.99. The lowest BCUT2D eigenvalue weighted by molar-refractivity contribution is 0.356. The van der Waals surface area contributed by atoms with Gasteiger partial charge in [-0.2, -0.15) is 0 Å². The third-order valence-electron chi connectivity index (χ3n) is 4.56. The van der Waals surface area contributed by atoms with Crippen molar-refractivity contribution in [1.82, 2.24) is 14.5 Å². The molecule has 1 aromatic carbocycles. The Hall–Kier alpha value is -3.22. The molecule has 0 bridgehead atoms. The van der Waals surface area contributed by atoms with Gasteiger partial charge in [-0.05, 0) is 25.1 Å². The van der Waals surface area contributed by atoms with Crippen LogP contribution in [0.1, 0.15) is 19.6 Å². The van der Waals surface area contributed by atoms with Crippen molar-refractivity contribution in [2.45, 2.75) is 19.9 Å². The maximum Gasteiger partial charge on any atom is 0.262 e. The molecule has 0 aliphatic carbocycles. The molecule has 6 nitrogen and oxygen atoms in total. The Morgan fingerprint density at radius 2 is 2.26 bits per heavy atom. The molecule has 2 aromatic heterocycles. The van der Waals surface area contributed by atoms with Crippen LogP contribution in [-0.4, -0.2) is 21.1 Å². The van der Waals surface area contributed by atoms with Crippen LogP contribution in [0.15, 0.2) is 41.5 Å². The zero-order valence-corrected chi connectivity index (χ0v) is 14.7. The number of pyridine rings is 1. The number of anilines is 1. The maximum atomic E-state index is 14.4. The molecule has 3 heterocycles. The highest BCUT2D eigenvalue weighted by Gasteiger charge is 2.20. The molecule has 1 aliphatic heterocycles. The molecule has 0 spiro atoms. The van der Waals surface area contributed by atoms with Crippen LogP contribution in [0, 0.1) is 12.7 Å². The molecule has 0 amide bonds. The van der Waals surface area contributed by atoms with Gasteiger partial charge in [0.2, 0.25) is 5.95 Å². The summed E-state index contributed by atoms with van der Waals surface area (Å²) >= 11 is 0. The molecule has 0 radical (unpaired) electrons. The summed E-state index contributed by atoms with van der Waals surface area (Å²) in [6.07, 6.45) is 3.53. The number of nitrogens with one attached hydrogen (secondary N) is 1. The van der Waals surface area contributed by atoms with E-state index in [9.17, 15) is 9.18 Å². The van der Waals surface area contributed by atoms with E-state index >= 15 is 0 Å². The number of ether oxygens (including phenoxy) is 1. The number of aryl methyl sites for hydroxylation is 1. The first-order valence-electron chi connectivity index (χ1n) is 9.73. The molecular formula is C20H19FN4O2. The van der Waals surface area contributed by atoms with Crippen molar-refractivity contribution in [2.24, 2.45) is 7.02 Å². The standard InChI is InChI=1S/C20H19FN4O2/c1-12-13(4-3-8-22-12)16-11-24-20(25(2)19(16)26)23-10-15-14-7-9-27-18(14)6-5-17(15)21/h3-6,8,11H,7,9-10H2,1-2H3,(H,23,24)/i2D,10D. The van der Waals surface area contributed by atoms with Crippen LogP contribution in [0.3, 0.4) is 0 Å². The van der Waals surface area contributed by atoms with Gasteiger partial charge in [-0.15, -0.1) is 0 Å². The fourth-order valence-corrected chi connectivity index (χ4v) is 3.13. The number of hydrogen-bond acceptors (Lipinski definition) is 5. The Kier molecular flexibility index (Phi) is 3.77. The van der Waals surface area contributed by atoms with Gasteiger partial charge in [0.25, 0.3) is 5.56 Å². The second kappa shape index (κ2) is 6.83. The first-order valence-corrected chi connectivity index (χ1v) is 8.45. The van der Waals surface area contributed by atoms with Crippen molar-refractivity contribution >= 4 is 5.95 Å². The molecule has 1 atom stereocenters. The zero-order valence-electron chi connectivity index (χ0n) is 16.7. The van der Waals surface area contributed by atoms with E-state index in [1.807, 2.05) is 0 Å². The van der Waals surface area contributed by atoms with Crippen molar-refractivity contribution in [3.8, 4) is 16.9 Å². The predicted octanol–water partition coefficient (Wildman–Crippen LogP) is 2.84. The molecule has 3 aromatic rings. The highest BCUT2D eigenvalue weighted by Crippen LogP contribution is 2.30. The fraction of sp³-hybridized carbons (Fsp3) is 0.250. The van der Waals surface area contributed by atoms with Gasteiger partial charge < -0.3 is 10.1 Å². The first kappa shape index (κ1) is 14.9. The summed E-state index contributed by atoms with van der Waals surface area (Å²) in [6, 6.07) is 6.30. The van der Waals surface area contributed by atoms with E-state index in [0.29, 0.717) is 41.2 Å². The van der Waals surface area contributed by atoms with Crippen LogP contribution in [-0.2, 0) is 20.0 Å². The van der Waals surface area contributed by atoms with Crippen molar-refractivity contribution in [3.63, 3.8) is 0 Å². The van der Waals surface area contributed by atoms with Crippen LogP contribution >= 0.6 is 0 Å². The second-order valence-electron chi connectivity index (χ2n) is 6.19. The largest absolute Gasteiger partial charge is 0.493 e. The molecule has 0 fully saturated rings. The maximum absolute atomic E-state index is 14.4. The van der Waals surface area contributed by atoms with Crippen LogP contribution in [0.2, 0.25) is 0 Å². The predicted molar refractivity (Wildman–Crippen MR) is 100 cm³/mol. The Morgan fingerprint density at radius 1 is 1.37 bits per heavy atom. The zero-order chi connectivity index (χ0) is 20.5. The van der Waals surface area contributed by atoms with Gasteiger partial charge in [-0.25, -0.2) is 9.37 Å². The summed E-state index contributed by atoms with van der Waals surface area (Å²) in [6.45, 7) is 1.02. The normalized spacial score (nSPS) is 14.7. The second-order valence-corrected chi connectivity index (χ2v) is 6.19. The highest BCUT2D eigenvalue weighted by molar-refractivity contribution is 5.64. The summed E-state index contributed by atoms with van der Waals surface area (Å²) < 4.78 is 37.2. The Bertz CT molecular complexity index is 1140. The van der Waals surface area contributed by atoms with Crippen molar-refractivity contribution < 1.29 is 11.9 Å². The van der Waals surface area contributed by atoms with Crippen molar-refractivity contribution in [2.75, 3.05) is 11.9 Å². The minimum absolute atomic E-state index is 0.0335. The van der Waals surface area contributed by atoms with Crippen LogP contribution < -0.4 is 15.6 Å². The highest BCUT2D eigenvalue weighted by atomic mass is 19.1. The number of benzene rings is 1. The topological polar surface area (TPSA) is 69.0 Å². The number of nitrogens with zero attached hydrogens (tertiary/aromatic N) is 3. The SMILES string of the molecule is [2H]Cn1c(NC([2H])c2c(F)ccc3c2CCO3)ncc(-c2cccnc2C)c1=O. The molecule has 4 rings (SSSR count). The van der Waals surface area contributed by atoms with Gasteiger partial charge in [0.05, 0.1) is 13.5 Å². The average molecular weight is 368 g/mol. The molecule has 1 N–H and O–H groups in total. The molecule has 7 heteroatoms. The van der Waals surface area contributed by atoms with Crippen LogP contribution in [0.5, 0.6) is 5.75 Å². The monoisotopic (exact) mass is 368 g/mol. The van der Waals surface area contributed by atoms with Gasteiger partial charge in [-0.1, -0.05) is 6.07 Å². The van der Waals surface area contributed by atoms with E-state index in [1.165, 1.54) is 12.3 Å². The van der Waals surface area contributed by atoms with E-state index in [-0.39, 0.29) is 11.5 Å². The quantitative estimate of drug-likeness (QED) is 0.767. The van der Waals surface area contributed by atoms with Gasteiger partial charge in [-0.3, -0.25) is 14.3 Å². The van der Waals surface area contributed by atoms with E-state index in [4.69, 9.17) is 7.48 Å². The molecule has 0 saturated heterocycles. The molecular weight excluding hydrogens is 347 g/mol. The number of hydrogen-bond donors (Lipinski definition) is 1. The van der Waals surface area contributed by atoms with Gasteiger partial charge in [0.15, 0.2) is 0 Å². The third-order valence-corrected chi connectivity index (χ3v) is 4.56. The summed E-state index contributed by atoms with van der Waals surface area (Å²) in [5, 5.41) is 2.77. The minimum Gasteiger partial charge on any atom is -0.493 e. The van der Waals surface area contributed by atoms with Gasteiger partial charge in [0, 0.05) is 56.1 Å². The molecule has 138 valence electrons. The fourth-order valence-electron chi connectivity index (χ4n) is 3.13. The third kappa shape index (κ3) is 3.05. The van der Waals surface area contributed by atoms with Crippen molar-refractivity contribution in [1.29, 1.82) is 0 Å². The molecule has 1 aliphatic rings. The van der Waals surface area contributed by atoms with Crippen LogP contribution in [0.25, 0.3) is 11.1 Å². The Labute approximate surface area is 158 Å². The molecule has 27 heavy (non-hydrogen) atoms. The number of aromatic nitrogens is 3.